The van der Waals surface area contributed by atoms with Crippen LogP contribution in [0, 0.1) is 17.3 Å². The fourth-order valence-corrected chi connectivity index (χ4v) is 6.45. The van der Waals surface area contributed by atoms with E-state index in [0.29, 0.717) is 23.5 Å². The van der Waals surface area contributed by atoms with Gasteiger partial charge in [-0.3, -0.25) is 4.79 Å². The summed E-state index contributed by atoms with van der Waals surface area (Å²) in [6.45, 7) is 3.08. The second-order valence-electron chi connectivity index (χ2n) is 8.74. The second-order valence-corrected chi connectivity index (χ2v) is 9.73. The van der Waals surface area contributed by atoms with Crippen molar-refractivity contribution in [2.24, 2.45) is 17.3 Å². The monoisotopic (exact) mass is 372 g/mol. The Morgan fingerprint density at radius 3 is 2.92 bits per heavy atom. The van der Waals surface area contributed by atoms with Gasteiger partial charge in [0.25, 0.3) is 0 Å². The van der Waals surface area contributed by atoms with Gasteiger partial charge in [0.15, 0.2) is 0 Å². The van der Waals surface area contributed by atoms with Gasteiger partial charge in [-0.2, -0.15) is 11.8 Å². The molecule has 0 amide bonds. The normalized spacial score (nSPS) is 32.7. The molecule has 1 aromatic carbocycles. The average Bonchev–Trinajstić information content (AvgIpc) is 2.96. The first-order chi connectivity index (χ1) is 12.6. The van der Waals surface area contributed by atoms with E-state index in [2.05, 4.69) is 31.4 Å². The van der Waals surface area contributed by atoms with Gasteiger partial charge in [-0.1, -0.05) is 13.0 Å². The van der Waals surface area contributed by atoms with E-state index in [4.69, 9.17) is 4.74 Å². The molecule has 0 aliphatic heterocycles. The van der Waals surface area contributed by atoms with E-state index < -0.39 is 0 Å². The Balaban J connectivity index is 1.45. The first kappa shape index (κ1) is 18.4. The van der Waals surface area contributed by atoms with E-state index in [-0.39, 0.29) is 5.41 Å². The minimum atomic E-state index is -0.0154. The minimum Gasteiger partial charge on any atom is -0.494 e. The van der Waals surface area contributed by atoms with Gasteiger partial charge >= 0.3 is 0 Å². The molecule has 0 radical (unpaired) electrons. The quantitative estimate of drug-likeness (QED) is 0.605. The molecule has 0 heterocycles. The van der Waals surface area contributed by atoms with Gasteiger partial charge in [-0.15, -0.1) is 0 Å². The number of unbranched alkanes of at least 4 members (excludes halogenated alkanes) is 1. The number of benzene rings is 1. The van der Waals surface area contributed by atoms with Crippen LogP contribution in [0.3, 0.4) is 0 Å². The average molecular weight is 373 g/mol. The smallest absolute Gasteiger partial charge is 0.139 e. The summed E-state index contributed by atoms with van der Waals surface area (Å²) in [5, 5.41) is 0. The van der Waals surface area contributed by atoms with Crippen LogP contribution in [0.1, 0.15) is 68.9 Å². The minimum absolute atomic E-state index is 0.0154. The summed E-state index contributed by atoms with van der Waals surface area (Å²) in [5.41, 5.74) is 3.04. The summed E-state index contributed by atoms with van der Waals surface area (Å²) in [6.07, 6.45) is 11.2. The third kappa shape index (κ3) is 3.21. The fourth-order valence-electron chi connectivity index (χ4n) is 5.96. The number of ether oxygens (including phenoxy) is 1. The molecule has 4 rings (SSSR count). The van der Waals surface area contributed by atoms with E-state index in [1.54, 1.807) is 5.56 Å². The maximum Gasteiger partial charge on any atom is 0.139 e. The molecular formula is C23H32O2S. The number of hydrogen-bond acceptors (Lipinski definition) is 3. The Labute approximate surface area is 162 Å². The highest BCUT2D eigenvalue weighted by Gasteiger charge is 2.54. The number of rotatable bonds is 6. The molecule has 2 nitrogen and oxygen atoms in total. The van der Waals surface area contributed by atoms with Crippen molar-refractivity contribution in [3.63, 3.8) is 0 Å². The van der Waals surface area contributed by atoms with Crippen LogP contribution in [0.15, 0.2) is 18.2 Å². The summed E-state index contributed by atoms with van der Waals surface area (Å²) in [4.78, 5) is 12.4. The number of fused-ring (bicyclic) bond motifs is 5. The van der Waals surface area contributed by atoms with Gasteiger partial charge in [0.1, 0.15) is 11.5 Å². The lowest BCUT2D eigenvalue weighted by Crippen LogP contribution is -2.42. The number of aryl methyl sites for hydroxylation is 1. The maximum absolute atomic E-state index is 12.4. The molecule has 4 atom stereocenters. The number of Topliss-reactive ketones (excluding diaryl/α,β-unsaturated/α-hetero) is 1. The standard InChI is InChI=1S/C23H32O2S/c1-23-12-11-19-18-8-6-17(25-13-3-4-14-26-2)15-16(18)5-7-20(19)21(23)9-10-22(23)24/h6,8,15,19-21H,3-5,7,9-14H2,1-2H3/t19-,20-,21+,23+/m1/s1. The van der Waals surface area contributed by atoms with Crippen LogP contribution in [-0.4, -0.2) is 24.4 Å². The third-order valence-electron chi connectivity index (χ3n) is 7.42. The molecular weight excluding hydrogens is 340 g/mol. The molecule has 0 saturated heterocycles. The van der Waals surface area contributed by atoms with Crippen molar-refractivity contribution >= 4 is 17.5 Å². The summed E-state index contributed by atoms with van der Waals surface area (Å²) < 4.78 is 6.00. The van der Waals surface area contributed by atoms with Crippen LogP contribution < -0.4 is 4.74 Å². The fraction of sp³-hybridized carbons (Fsp3) is 0.696. The zero-order valence-corrected chi connectivity index (χ0v) is 17.1. The Hall–Kier alpha value is -0.960. The van der Waals surface area contributed by atoms with Crippen molar-refractivity contribution < 1.29 is 9.53 Å². The van der Waals surface area contributed by atoms with E-state index in [1.165, 1.54) is 30.6 Å². The largest absolute Gasteiger partial charge is 0.494 e. The molecule has 0 aromatic heterocycles. The maximum atomic E-state index is 12.4. The van der Waals surface area contributed by atoms with Crippen LogP contribution in [0.25, 0.3) is 0 Å². The van der Waals surface area contributed by atoms with Crippen molar-refractivity contribution in [3.05, 3.63) is 29.3 Å². The summed E-state index contributed by atoms with van der Waals surface area (Å²) in [5.74, 6) is 4.80. The Bertz CT molecular complexity index is 670. The highest BCUT2D eigenvalue weighted by Crippen LogP contribution is 2.59. The van der Waals surface area contributed by atoms with Crippen LogP contribution in [0.2, 0.25) is 0 Å². The lowest BCUT2D eigenvalue weighted by molar-refractivity contribution is -0.129. The van der Waals surface area contributed by atoms with Gasteiger partial charge in [-0.25, -0.2) is 0 Å². The highest BCUT2D eigenvalue weighted by molar-refractivity contribution is 7.98. The molecule has 3 heteroatoms. The Morgan fingerprint density at radius 1 is 1.19 bits per heavy atom. The topological polar surface area (TPSA) is 26.3 Å². The second kappa shape index (κ2) is 7.58. The molecule has 3 aliphatic rings. The molecule has 0 N–H and O–H groups in total. The molecule has 0 spiro atoms. The number of hydrogen-bond donors (Lipinski definition) is 0. The third-order valence-corrected chi connectivity index (χ3v) is 8.12. The van der Waals surface area contributed by atoms with Crippen LogP contribution in [-0.2, 0) is 11.2 Å². The van der Waals surface area contributed by atoms with Gasteiger partial charge < -0.3 is 4.74 Å². The molecule has 0 bridgehead atoms. The van der Waals surface area contributed by atoms with E-state index >= 15 is 0 Å². The van der Waals surface area contributed by atoms with Crippen molar-refractivity contribution in [1.29, 1.82) is 0 Å². The number of carbonyl (C=O) groups is 1. The van der Waals surface area contributed by atoms with Crippen LogP contribution >= 0.6 is 11.8 Å². The van der Waals surface area contributed by atoms with E-state index in [0.717, 1.165) is 44.5 Å². The molecule has 2 saturated carbocycles. The molecule has 2 fully saturated rings. The molecule has 142 valence electrons. The predicted molar refractivity (Wildman–Crippen MR) is 109 cm³/mol. The van der Waals surface area contributed by atoms with E-state index in [9.17, 15) is 4.79 Å². The molecule has 1 aromatic rings. The number of carbonyl (C=O) groups excluding carboxylic acids is 1. The van der Waals surface area contributed by atoms with Crippen molar-refractivity contribution in [2.75, 3.05) is 18.6 Å². The lowest BCUT2D eigenvalue weighted by Gasteiger charge is -2.48. The highest BCUT2D eigenvalue weighted by atomic mass is 32.2. The predicted octanol–water partition coefficient (Wildman–Crippen LogP) is 5.63. The molecule has 0 unspecified atom stereocenters. The first-order valence-corrected chi connectivity index (χ1v) is 11.8. The first-order valence-electron chi connectivity index (χ1n) is 10.4. The Kier molecular flexibility index (Phi) is 5.36. The van der Waals surface area contributed by atoms with Crippen molar-refractivity contribution in [2.45, 2.75) is 64.2 Å². The van der Waals surface area contributed by atoms with Gasteiger partial charge in [0, 0.05) is 11.8 Å². The number of thioether (sulfide) groups is 1. The Morgan fingerprint density at radius 2 is 2.08 bits per heavy atom. The van der Waals surface area contributed by atoms with Crippen LogP contribution in [0.4, 0.5) is 0 Å². The van der Waals surface area contributed by atoms with Crippen molar-refractivity contribution in [1.82, 2.24) is 0 Å². The summed E-state index contributed by atoms with van der Waals surface area (Å²) in [6, 6.07) is 6.82. The summed E-state index contributed by atoms with van der Waals surface area (Å²) in [7, 11) is 0. The lowest BCUT2D eigenvalue weighted by atomic mass is 9.55. The molecule has 26 heavy (non-hydrogen) atoms. The van der Waals surface area contributed by atoms with Crippen molar-refractivity contribution in [3.8, 4) is 5.75 Å². The zero-order chi connectivity index (χ0) is 18.1. The zero-order valence-electron chi connectivity index (χ0n) is 16.3. The molecule has 3 aliphatic carbocycles. The van der Waals surface area contributed by atoms with Gasteiger partial charge in [-0.05, 0) is 98.0 Å². The van der Waals surface area contributed by atoms with Gasteiger partial charge in [0.2, 0.25) is 0 Å². The SMILES string of the molecule is CSCCCCOc1ccc2c(c1)CC[C@@H]1[C@@H]2CC[C@]2(C)C(=O)CC[C@@H]12. The van der Waals surface area contributed by atoms with E-state index in [1.807, 2.05) is 11.8 Å². The van der Waals surface area contributed by atoms with Crippen LogP contribution in [0.5, 0.6) is 5.75 Å². The summed E-state index contributed by atoms with van der Waals surface area (Å²) >= 11 is 1.91. The number of ketones is 1. The van der Waals surface area contributed by atoms with Gasteiger partial charge in [0.05, 0.1) is 6.61 Å².